The molecule has 3 nitrogen and oxygen atoms in total. The van der Waals surface area contributed by atoms with E-state index in [1.807, 2.05) is 19.3 Å². The van der Waals surface area contributed by atoms with Crippen molar-refractivity contribution < 1.29 is 5.11 Å². The van der Waals surface area contributed by atoms with Crippen molar-refractivity contribution in [1.82, 2.24) is 4.57 Å². The molecule has 0 spiro atoms. The Bertz CT molecular complexity index is 462. The Morgan fingerprint density at radius 1 is 1.40 bits per heavy atom. The van der Waals surface area contributed by atoms with Crippen LogP contribution in [-0.2, 0) is 13.5 Å². The molecule has 2 rings (SSSR count). The van der Waals surface area contributed by atoms with E-state index in [4.69, 9.17) is 10.8 Å². The van der Waals surface area contributed by atoms with E-state index in [1.54, 1.807) is 0 Å². The lowest BCUT2D eigenvalue weighted by molar-refractivity contribution is 0.265. The van der Waals surface area contributed by atoms with Gasteiger partial charge in [0.15, 0.2) is 0 Å². The summed E-state index contributed by atoms with van der Waals surface area (Å²) in [4.78, 5) is 0. The van der Waals surface area contributed by atoms with E-state index >= 15 is 0 Å². The molecule has 3 N–H and O–H groups in total. The number of nitrogens with zero attached hydrogens (tertiary/aromatic N) is 1. The van der Waals surface area contributed by atoms with Gasteiger partial charge in [0.2, 0.25) is 0 Å². The number of aliphatic hydroxyl groups is 1. The maximum absolute atomic E-state index is 8.96. The zero-order valence-corrected chi connectivity index (χ0v) is 8.85. The van der Waals surface area contributed by atoms with Crippen molar-refractivity contribution in [2.24, 2.45) is 12.8 Å². The monoisotopic (exact) mass is 204 g/mol. The number of hydrogen-bond acceptors (Lipinski definition) is 2. The highest BCUT2D eigenvalue weighted by atomic mass is 16.3. The molecule has 0 radical (unpaired) electrons. The lowest BCUT2D eigenvalue weighted by Gasteiger charge is -2.10. The van der Waals surface area contributed by atoms with Gasteiger partial charge in [0.25, 0.3) is 0 Å². The highest BCUT2D eigenvalue weighted by Gasteiger charge is 2.08. The van der Waals surface area contributed by atoms with E-state index in [0.717, 1.165) is 0 Å². The van der Waals surface area contributed by atoms with E-state index in [9.17, 15) is 0 Å². The molecular formula is C12H16N2O. The molecule has 3 heteroatoms. The fourth-order valence-corrected chi connectivity index (χ4v) is 1.95. The summed E-state index contributed by atoms with van der Waals surface area (Å²) >= 11 is 0. The van der Waals surface area contributed by atoms with Gasteiger partial charge in [0.05, 0.1) is 12.1 Å². The van der Waals surface area contributed by atoms with Crippen molar-refractivity contribution in [3.8, 4) is 0 Å². The number of aromatic nitrogens is 1. The Hall–Kier alpha value is -1.32. The third-order valence-electron chi connectivity index (χ3n) is 2.70. The molecule has 0 saturated carbocycles. The molecule has 15 heavy (non-hydrogen) atoms. The molecule has 0 aliphatic rings. The lowest BCUT2D eigenvalue weighted by atomic mass is 10.0. The smallest absolute Gasteiger partial charge is 0.0585 e. The average Bonchev–Trinajstić information content (AvgIpc) is 2.61. The van der Waals surface area contributed by atoms with Crippen LogP contribution in [0.2, 0.25) is 0 Å². The summed E-state index contributed by atoms with van der Waals surface area (Å²) in [6.07, 6.45) is 2.75. The molecule has 1 unspecified atom stereocenters. The van der Waals surface area contributed by atoms with Crippen molar-refractivity contribution in [3.63, 3.8) is 0 Å². The highest BCUT2D eigenvalue weighted by Crippen LogP contribution is 2.20. The maximum Gasteiger partial charge on any atom is 0.0585 e. The minimum Gasteiger partial charge on any atom is -0.395 e. The zero-order chi connectivity index (χ0) is 10.8. The van der Waals surface area contributed by atoms with Crippen LogP contribution in [0.3, 0.4) is 0 Å². The number of benzene rings is 1. The first kappa shape index (κ1) is 10.2. The standard InChI is InChI=1S/C12H16N2O/c1-14-6-5-9-3-2-4-10(12(9)14)7-11(13)8-15/h2-6,11,15H,7-8,13H2,1H3. The SMILES string of the molecule is Cn1ccc2cccc(CC(N)CO)c21. The second-order valence-electron chi connectivity index (χ2n) is 3.93. The van der Waals surface area contributed by atoms with Gasteiger partial charge in [-0.3, -0.25) is 0 Å². The Morgan fingerprint density at radius 3 is 2.93 bits per heavy atom. The van der Waals surface area contributed by atoms with E-state index in [2.05, 4.69) is 22.8 Å². The molecule has 0 bridgehead atoms. The average molecular weight is 204 g/mol. The van der Waals surface area contributed by atoms with Gasteiger partial charge >= 0.3 is 0 Å². The van der Waals surface area contributed by atoms with Gasteiger partial charge in [-0.2, -0.15) is 0 Å². The van der Waals surface area contributed by atoms with E-state index in [1.165, 1.54) is 16.5 Å². The molecule has 1 aromatic heterocycles. The van der Waals surface area contributed by atoms with Crippen molar-refractivity contribution in [1.29, 1.82) is 0 Å². The molecule has 0 amide bonds. The third-order valence-corrected chi connectivity index (χ3v) is 2.70. The quantitative estimate of drug-likeness (QED) is 0.785. The van der Waals surface area contributed by atoms with E-state index < -0.39 is 0 Å². The summed E-state index contributed by atoms with van der Waals surface area (Å²) in [6, 6.07) is 8.09. The molecule has 0 aliphatic heterocycles. The van der Waals surface area contributed by atoms with Gasteiger partial charge in [0, 0.05) is 19.3 Å². The van der Waals surface area contributed by atoms with Gasteiger partial charge in [-0.15, -0.1) is 0 Å². The van der Waals surface area contributed by atoms with Gasteiger partial charge in [-0.05, 0) is 23.4 Å². The molecule has 80 valence electrons. The van der Waals surface area contributed by atoms with Crippen LogP contribution in [-0.4, -0.2) is 22.3 Å². The second kappa shape index (κ2) is 4.04. The van der Waals surface area contributed by atoms with Crippen LogP contribution >= 0.6 is 0 Å². The molecule has 0 aliphatic carbocycles. The third kappa shape index (κ3) is 1.89. The Labute approximate surface area is 89.1 Å². The second-order valence-corrected chi connectivity index (χ2v) is 3.93. The van der Waals surface area contributed by atoms with Crippen LogP contribution in [0.15, 0.2) is 30.5 Å². The highest BCUT2D eigenvalue weighted by molar-refractivity contribution is 5.83. The molecule has 1 aromatic carbocycles. The number of para-hydroxylation sites is 1. The van der Waals surface area contributed by atoms with Crippen LogP contribution in [0.4, 0.5) is 0 Å². The number of aryl methyl sites for hydroxylation is 1. The largest absolute Gasteiger partial charge is 0.395 e. The van der Waals surface area contributed by atoms with Gasteiger partial charge in [0.1, 0.15) is 0 Å². The van der Waals surface area contributed by atoms with Gasteiger partial charge < -0.3 is 15.4 Å². The Balaban J connectivity index is 2.45. The minimum absolute atomic E-state index is 0.0286. The lowest BCUT2D eigenvalue weighted by Crippen LogP contribution is -2.27. The van der Waals surface area contributed by atoms with Crippen LogP contribution < -0.4 is 5.73 Å². The summed E-state index contributed by atoms with van der Waals surface area (Å²) in [5.41, 5.74) is 8.16. The van der Waals surface area contributed by atoms with E-state index in [-0.39, 0.29) is 12.6 Å². The molecule has 1 heterocycles. The summed E-state index contributed by atoms with van der Waals surface area (Å²) in [7, 11) is 2.02. The van der Waals surface area contributed by atoms with Crippen LogP contribution in [0.5, 0.6) is 0 Å². The first-order valence-corrected chi connectivity index (χ1v) is 5.11. The Morgan fingerprint density at radius 2 is 2.20 bits per heavy atom. The van der Waals surface area contributed by atoms with Crippen molar-refractivity contribution in [2.75, 3.05) is 6.61 Å². The Kier molecular flexibility index (Phi) is 2.75. The topological polar surface area (TPSA) is 51.2 Å². The normalized spacial score (nSPS) is 13.3. The summed E-state index contributed by atoms with van der Waals surface area (Å²) in [5, 5.41) is 10.2. The first-order chi connectivity index (χ1) is 7.22. The number of fused-ring (bicyclic) bond motifs is 1. The van der Waals surface area contributed by atoms with Crippen molar-refractivity contribution >= 4 is 10.9 Å². The molecule has 2 aromatic rings. The van der Waals surface area contributed by atoms with Crippen LogP contribution in [0.1, 0.15) is 5.56 Å². The number of rotatable bonds is 3. The predicted molar refractivity (Wildman–Crippen MR) is 61.7 cm³/mol. The van der Waals surface area contributed by atoms with Crippen LogP contribution in [0, 0.1) is 0 Å². The number of aliphatic hydroxyl groups excluding tert-OH is 1. The fraction of sp³-hybridized carbons (Fsp3) is 0.333. The zero-order valence-electron chi connectivity index (χ0n) is 8.85. The number of hydrogen-bond donors (Lipinski definition) is 2. The summed E-state index contributed by atoms with van der Waals surface area (Å²) < 4.78 is 2.09. The summed E-state index contributed by atoms with van der Waals surface area (Å²) in [5.74, 6) is 0. The number of nitrogens with two attached hydrogens (primary N) is 1. The van der Waals surface area contributed by atoms with Gasteiger partial charge in [-0.25, -0.2) is 0 Å². The first-order valence-electron chi connectivity index (χ1n) is 5.11. The molecular weight excluding hydrogens is 188 g/mol. The molecule has 0 saturated heterocycles. The summed E-state index contributed by atoms with van der Waals surface area (Å²) in [6.45, 7) is 0.0286. The van der Waals surface area contributed by atoms with E-state index in [0.29, 0.717) is 6.42 Å². The van der Waals surface area contributed by atoms with Crippen molar-refractivity contribution in [2.45, 2.75) is 12.5 Å². The van der Waals surface area contributed by atoms with Crippen LogP contribution in [0.25, 0.3) is 10.9 Å². The molecule has 0 fully saturated rings. The van der Waals surface area contributed by atoms with Gasteiger partial charge in [-0.1, -0.05) is 18.2 Å². The minimum atomic E-state index is -0.175. The molecule has 1 atom stereocenters. The predicted octanol–water partition coefficient (Wildman–Crippen LogP) is 1.04. The van der Waals surface area contributed by atoms with Crippen molar-refractivity contribution in [3.05, 3.63) is 36.0 Å². The maximum atomic E-state index is 8.96. The fourth-order valence-electron chi connectivity index (χ4n) is 1.95.